The molecule has 88 valence electrons. The lowest BCUT2D eigenvalue weighted by Crippen LogP contribution is -2.42. The van der Waals surface area contributed by atoms with Crippen LogP contribution in [0, 0.1) is 0 Å². The third-order valence-corrected chi connectivity index (χ3v) is 3.18. The van der Waals surface area contributed by atoms with Gasteiger partial charge in [-0.15, -0.1) is 10.2 Å². The molecule has 2 heterocycles. The molecule has 1 aromatic rings. The number of rotatable bonds is 3. The van der Waals surface area contributed by atoms with Crippen LogP contribution < -0.4 is 5.32 Å². The average Bonchev–Trinajstić information content (AvgIpc) is 2.32. The van der Waals surface area contributed by atoms with Crippen LogP contribution in [-0.4, -0.2) is 45.8 Å². The summed E-state index contributed by atoms with van der Waals surface area (Å²) in [5.74, 6) is 0.617. The molecule has 1 N–H and O–H groups in total. The van der Waals surface area contributed by atoms with Crippen LogP contribution in [-0.2, 0) is 0 Å². The Balaban J connectivity index is 1.91. The van der Waals surface area contributed by atoms with Crippen LogP contribution in [0.25, 0.3) is 0 Å². The molecule has 1 aromatic heterocycles. The van der Waals surface area contributed by atoms with Gasteiger partial charge in [0.2, 0.25) is 5.95 Å². The Labute approximate surface area is 104 Å². The van der Waals surface area contributed by atoms with Gasteiger partial charge in [-0.2, -0.15) is 0 Å². The van der Waals surface area contributed by atoms with Crippen LogP contribution in [0.15, 0.2) is 10.8 Å². The van der Waals surface area contributed by atoms with Gasteiger partial charge in [0.15, 0.2) is 0 Å². The standard InChI is InChI=1S/C10H16BrN5/c1-2-16-5-3-4-8(7-16)13-10-12-6-9(11)14-15-10/h6,8H,2-5,7H2,1H3,(H,12,13,15)/t8-/m1/s1. The Hall–Kier alpha value is -0.750. The second-order valence-electron chi connectivity index (χ2n) is 3.98. The van der Waals surface area contributed by atoms with Gasteiger partial charge in [-0.25, -0.2) is 4.98 Å². The van der Waals surface area contributed by atoms with Gasteiger partial charge in [-0.05, 0) is 41.9 Å². The molecule has 0 spiro atoms. The Morgan fingerprint density at radius 3 is 3.12 bits per heavy atom. The Morgan fingerprint density at radius 2 is 2.44 bits per heavy atom. The molecule has 16 heavy (non-hydrogen) atoms. The maximum atomic E-state index is 4.17. The summed E-state index contributed by atoms with van der Waals surface area (Å²) in [7, 11) is 0. The van der Waals surface area contributed by atoms with Gasteiger partial charge in [-0.3, -0.25) is 0 Å². The highest BCUT2D eigenvalue weighted by molar-refractivity contribution is 9.10. The molecular weight excluding hydrogens is 270 g/mol. The largest absolute Gasteiger partial charge is 0.349 e. The minimum atomic E-state index is 0.441. The van der Waals surface area contributed by atoms with Gasteiger partial charge in [-0.1, -0.05) is 6.92 Å². The molecule has 6 heteroatoms. The first kappa shape index (κ1) is 11.7. The van der Waals surface area contributed by atoms with Crippen molar-refractivity contribution in [1.82, 2.24) is 20.1 Å². The van der Waals surface area contributed by atoms with Crippen LogP contribution in [0.4, 0.5) is 5.95 Å². The van der Waals surface area contributed by atoms with Gasteiger partial charge in [0, 0.05) is 12.6 Å². The zero-order valence-corrected chi connectivity index (χ0v) is 10.9. The Bertz CT molecular complexity index is 328. The van der Waals surface area contributed by atoms with Crippen molar-refractivity contribution in [3.05, 3.63) is 10.8 Å². The number of likely N-dealkylation sites (tertiary alicyclic amines) is 1. The number of nitrogens with zero attached hydrogens (tertiary/aromatic N) is 4. The normalized spacial score (nSPS) is 22.0. The summed E-state index contributed by atoms with van der Waals surface area (Å²) in [5.41, 5.74) is 0. The Morgan fingerprint density at radius 1 is 1.56 bits per heavy atom. The van der Waals surface area contributed by atoms with Gasteiger partial charge < -0.3 is 10.2 Å². The van der Waals surface area contributed by atoms with Crippen molar-refractivity contribution in [2.45, 2.75) is 25.8 Å². The monoisotopic (exact) mass is 285 g/mol. The van der Waals surface area contributed by atoms with Gasteiger partial charge in [0.25, 0.3) is 0 Å². The molecule has 1 saturated heterocycles. The van der Waals surface area contributed by atoms with Gasteiger partial charge in [0.1, 0.15) is 4.60 Å². The summed E-state index contributed by atoms with van der Waals surface area (Å²) in [6.45, 7) is 5.57. The summed E-state index contributed by atoms with van der Waals surface area (Å²) in [6, 6.07) is 0.441. The van der Waals surface area contributed by atoms with E-state index in [1.165, 1.54) is 19.4 Å². The average molecular weight is 286 g/mol. The highest BCUT2D eigenvalue weighted by Gasteiger charge is 2.19. The third kappa shape index (κ3) is 3.12. The summed E-state index contributed by atoms with van der Waals surface area (Å²) >= 11 is 3.22. The molecule has 1 aliphatic rings. The molecule has 0 amide bonds. The fourth-order valence-electron chi connectivity index (χ4n) is 1.97. The number of aromatic nitrogens is 3. The van der Waals surface area contributed by atoms with E-state index in [1.807, 2.05) is 0 Å². The highest BCUT2D eigenvalue weighted by atomic mass is 79.9. The van der Waals surface area contributed by atoms with E-state index in [0.717, 1.165) is 13.1 Å². The number of nitrogens with one attached hydrogen (secondary N) is 1. The van der Waals surface area contributed by atoms with Gasteiger partial charge in [0.05, 0.1) is 6.20 Å². The minimum Gasteiger partial charge on any atom is -0.349 e. The van der Waals surface area contributed by atoms with Crippen molar-refractivity contribution in [3.63, 3.8) is 0 Å². The number of piperidine rings is 1. The van der Waals surface area contributed by atoms with Crippen molar-refractivity contribution < 1.29 is 0 Å². The van der Waals surface area contributed by atoms with Gasteiger partial charge >= 0.3 is 0 Å². The van der Waals surface area contributed by atoms with E-state index in [0.29, 0.717) is 16.6 Å². The Kier molecular flexibility index (Phi) is 4.06. The van der Waals surface area contributed by atoms with Crippen molar-refractivity contribution in [2.24, 2.45) is 0 Å². The number of anilines is 1. The van der Waals surface area contributed by atoms with E-state index in [9.17, 15) is 0 Å². The van der Waals surface area contributed by atoms with Crippen LogP contribution in [0.5, 0.6) is 0 Å². The van der Waals surface area contributed by atoms with E-state index >= 15 is 0 Å². The summed E-state index contributed by atoms with van der Waals surface area (Å²) in [6.07, 6.45) is 4.07. The predicted molar refractivity (Wildman–Crippen MR) is 66.3 cm³/mol. The zero-order chi connectivity index (χ0) is 11.4. The molecule has 2 rings (SSSR count). The first-order valence-electron chi connectivity index (χ1n) is 5.62. The van der Waals surface area contributed by atoms with Crippen molar-refractivity contribution in [2.75, 3.05) is 25.0 Å². The lowest BCUT2D eigenvalue weighted by atomic mass is 10.1. The fraction of sp³-hybridized carbons (Fsp3) is 0.700. The van der Waals surface area contributed by atoms with Crippen LogP contribution in [0.3, 0.4) is 0 Å². The topological polar surface area (TPSA) is 53.9 Å². The summed E-state index contributed by atoms with van der Waals surface area (Å²) in [5, 5.41) is 11.2. The highest BCUT2D eigenvalue weighted by Crippen LogP contribution is 2.13. The third-order valence-electron chi connectivity index (χ3n) is 2.82. The lowest BCUT2D eigenvalue weighted by molar-refractivity contribution is 0.226. The molecule has 0 aromatic carbocycles. The molecule has 0 unspecified atom stereocenters. The molecular formula is C10H16BrN5. The molecule has 1 aliphatic heterocycles. The minimum absolute atomic E-state index is 0.441. The molecule has 0 saturated carbocycles. The number of hydrogen-bond donors (Lipinski definition) is 1. The second-order valence-corrected chi connectivity index (χ2v) is 4.79. The lowest BCUT2D eigenvalue weighted by Gasteiger charge is -2.32. The predicted octanol–water partition coefficient (Wildman–Crippen LogP) is 1.53. The van der Waals surface area contributed by atoms with Crippen molar-refractivity contribution in [1.29, 1.82) is 0 Å². The summed E-state index contributed by atoms with van der Waals surface area (Å²) < 4.78 is 0.664. The molecule has 0 bridgehead atoms. The molecule has 0 radical (unpaired) electrons. The number of hydrogen-bond acceptors (Lipinski definition) is 5. The molecule has 0 aliphatic carbocycles. The fourth-order valence-corrected chi connectivity index (χ4v) is 2.15. The quantitative estimate of drug-likeness (QED) is 0.913. The van der Waals surface area contributed by atoms with Crippen molar-refractivity contribution >= 4 is 21.9 Å². The molecule has 5 nitrogen and oxygen atoms in total. The molecule has 1 fully saturated rings. The SMILES string of the molecule is CCN1CCC[C@@H](Nc2ncc(Br)nn2)C1. The van der Waals surface area contributed by atoms with E-state index in [4.69, 9.17) is 0 Å². The van der Waals surface area contributed by atoms with E-state index < -0.39 is 0 Å². The number of likely N-dealkylation sites (N-methyl/N-ethyl adjacent to an activating group) is 1. The second kappa shape index (κ2) is 5.54. The van der Waals surface area contributed by atoms with E-state index in [-0.39, 0.29) is 0 Å². The van der Waals surface area contributed by atoms with E-state index in [2.05, 4.69) is 48.3 Å². The van der Waals surface area contributed by atoms with Crippen LogP contribution >= 0.6 is 15.9 Å². The number of halogens is 1. The van der Waals surface area contributed by atoms with Crippen molar-refractivity contribution in [3.8, 4) is 0 Å². The maximum absolute atomic E-state index is 4.17. The first-order chi connectivity index (χ1) is 7.78. The van der Waals surface area contributed by atoms with Crippen LogP contribution in [0.1, 0.15) is 19.8 Å². The first-order valence-corrected chi connectivity index (χ1v) is 6.41. The molecule has 1 atom stereocenters. The smallest absolute Gasteiger partial charge is 0.243 e. The van der Waals surface area contributed by atoms with Crippen LogP contribution in [0.2, 0.25) is 0 Å². The maximum Gasteiger partial charge on any atom is 0.243 e. The zero-order valence-electron chi connectivity index (χ0n) is 9.36. The van der Waals surface area contributed by atoms with E-state index in [1.54, 1.807) is 6.20 Å². The summed E-state index contributed by atoms with van der Waals surface area (Å²) in [4.78, 5) is 6.61.